The van der Waals surface area contributed by atoms with E-state index in [1.807, 2.05) is 55.5 Å². The van der Waals surface area contributed by atoms with Crippen molar-refractivity contribution in [3.63, 3.8) is 0 Å². The number of hydrogen-bond acceptors (Lipinski definition) is 3. The molecule has 3 rings (SSSR count). The molecule has 0 fully saturated rings. The molecule has 0 aliphatic heterocycles. The van der Waals surface area contributed by atoms with Crippen molar-refractivity contribution in [3.05, 3.63) is 89.0 Å². The summed E-state index contributed by atoms with van der Waals surface area (Å²) in [5, 5.41) is 7.43. The molecule has 150 valence electrons. The summed E-state index contributed by atoms with van der Waals surface area (Å²) >= 11 is 6.18. The van der Waals surface area contributed by atoms with Crippen molar-refractivity contribution in [2.75, 3.05) is 20.6 Å². The zero-order valence-electron chi connectivity index (χ0n) is 16.2. The van der Waals surface area contributed by atoms with Gasteiger partial charge in [0.1, 0.15) is 5.82 Å². The Morgan fingerprint density at radius 1 is 1.24 bits per heavy atom. The quantitative estimate of drug-likeness (QED) is 0.594. The number of para-hydroxylation sites is 1. The van der Waals surface area contributed by atoms with Gasteiger partial charge >= 0.3 is 0 Å². The molecule has 0 aliphatic rings. The van der Waals surface area contributed by atoms with Gasteiger partial charge in [0, 0.05) is 35.0 Å². The van der Waals surface area contributed by atoms with Gasteiger partial charge in [0.25, 0.3) is 0 Å². The minimum Gasteiger partial charge on any atom is -0.351 e. The number of benzene rings is 2. The van der Waals surface area contributed by atoms with Crippen LogP contribution in [0.15, 0.2) is 67.0 Å². The van der Waals surface area contributed by atoms with Crippen LogP contribution in [0.25, 0.3) is 11.8 Å². The van der Waals surface area contributed by atoms with Gasteiger partial charge in [-0.15, -0.1) is 0 Å². The Bertz CT molecular complexity index is 981. The molecule has 1 atom stereocenters. The lowest BCUT2D eigenvalue weighted by Gasteiger charge is -2.26. The molecule has 2 aromatic carbocycles. The second-order valence-corrected chi connectivity index (χ2v) is 7.15. The highest BCUT2D eigenvalue weighted by molar-refractivity contribution is 6.31. The number of likely N-dealkylation sites (N-methyl/N-ethyl adjacent to an activating group) is 1. The summed E-state index contributed by atoms with van der Waals surface area (Å²) in [6, 6.07) is 13.9. The zero-order chi connectivity index (χ0) is 20.8. The van der Waals surface area contributed by atoms with Crippen molar-refractivity contribution in [2.45, 2.75) is 6.04 Å². The minimum atomic E-state index is -0.394. The maximum atomic E-state index is 14.2. The first kappa shape index (κ1) is 20.8. The van der Waals surface area contributed by atoms with Crippen LogP contribution in [0.2, 0.25) is 5.02 Å². The lowest BCUT2D eigenvalue weighted by Crippen LogP contribution is -2.34. The maximum absolute atomic E-state index is 14.2. The summed E-state index contributed by atoms with van der Waals surface area (Å²) in [5.41, 5.74) is 2.10. The van der Waals surface area contributed by atoms with E-state index in [0.29, 0.717) is 10.6 Å². The summed E-state index contributed by atoms with van der Waals surface area (Å²) in [5.74, 6) is -0.675. The summed E-state index contributed by atoms with van der Waals surface area (Å²) in [4.78, 5) is 14.1. The molecule has 1 aromatic heterocycles. The molecule has 3 aromatic rings. The van der Waals surface area contributed by atoms with E-state index in [2.05, 4.69) is 10.4 Å². The van der Waals surface area contributed by atoms with Crippen LogP contribution in [0.4, 0.5) is 4.39 Å². The molecule has 1 unspecified atom stereocenters. The van der Waals surface area contributed by atoms with Crippen LogP contribution in [0.1, 0.15) is 17.2 Å². The molecule has 0 aliphatic carbocycles. The molecule has 29 heavy (non-hydrogen) atoms. The molecule has 0 saturated carbocycles. The first-order valence-electron chi connectivity index (χ1n) is 9.12. The Hall–Kier alpha value is -2.96. The van der Waals surface area contributed by atoms with Gasteiger partial charge in [0.15, 0.2) is 0 Å². The fourth-order valence-corrected chi connectivity index (χ4v) is 3.23. The van der Waals surface area contributed by atoms with Crippen LogP contribution in [0.3, 0.4) is 0 Å². The third kappa shape index (κ3) is 5.31. The van der Waals surface area contributed by atoms with Crippen molar-refractivity contribution in [3.8, 4) is 5.69 Å². The molecule has 0 spiro atoms. The average molecular weight is 413 g/mol. The molecular formula is C22H22ClFN4O. The smallest absolute Gasteiger partial charge is 0.244 e. The van der Waals surface area contributed by atoms with Gasteiger partial charge in [-0.05, 0) is 44.4 Å². The van der Waals surface area contributed by atoms with Crippen LogP contribution < -0.4 is 5.32 Å². The molecule has 1 heterocycles. The van der Waals surface area contributed by atoms with Crippen LogP contribution in [-0.2, 0) is 4.79 Å². The van der Waals surface area contributed by atoms with Crippen LogP contribution in [0.5, 0.6) is 0 Å². The van der Waals surface area contributed by atoms with Crippen molar-refractivity contribution >= 4 is 23.6 Å². The first-order chi connectivity index (χ1) is 14.0. The van der Waals surface area contributed by atoms with Gasteiger partial charge in [-0.2, -0.15) is 5.10 Å². The molecule has 0 bridgehead atoms. The number of halogens is 2. The summed E-state index contributed by atoms with van der Waals surface area (Å²) < 4.78 is 16.0. The highest BCUT2D eigenvalue weighted by Gasteiger charge is 2.21. The standard InChI is InChI=1S/C22H22ClFN4O/c1-27(2)20(22-18(23)9-6-10-19(22)24)14-25-21(29)12-11-16-13-26-28(15-16)17-7-4-3-5-8-17/h3-13,15,20H,14H2,1-2H3,(H,25,29)/b12-11+. The molecular weight excluding hydrogens is 391 g/mol. The number of aromatic nitrogens is 2. The Labute approximate surface area is 174 Å². The van der Waals surface area contributed by atoms with E-state index in [1.165, 1.54) is 12.1 Å². The average Bonchev–Trinajstić information content (AvgIpc) is 3.18. The Morgan fingerprint density at radius 2 is 2.00 bits per heavy atom. The van der Waals surface area contributed by atoms with E-state index in [4.69, 9.17) is 11.6 Å². The van der Waals surface area contributed by atoms with Crippen LogP contribution in [-0.4, -0.2) is 41.2 Å². The Morgan fingerprint density at radius 3 is 2.69 bits per heavy atom. The van der Waals surface area contributed by atoms with Crippen LogP contribution >= 0.6 is 11.6 Å². The minimum absolute atomic E-state index is 0.222. The number of nitrogens with zero attached hydrogens (tertiary/aromatic N) is 3. The van der Waals surface area contributed by atoms with E-state index in [9.17, 15) is 9.18 Å². The van der Waals surface area contributed by atoms with Crippen molar-refractivity contribution < 1.29 is 9.18 Å². The Kier molecular flexibility index (Phi) is 6.80. The van der Waals surface area contributed by atoms with E-state index < -0.39 is 5.82 Å². The SMILES string of the molecule is CN(C)C(CNC(=O)/C=C/c1cnn(-c2ccccc2)c1)c1c(F)cccc1Cl. The molecule has 0 radical (unpaired) electrons. The predicted octanol–water partition coefficient (Wildman–Crippen LogP) is 4.10. The normalized spacial score (nSPS) is 12.4. The predicted molar refractivity (Wildman–Crippen MR) is 113 cm³/mol. The topological polar surface area (TPSA) is 50.2 Å². The van der Waals surface area contributed by atoms with Gasteiger partial charge in [-0.3, -0.25) is 4.79 Å². The number of hydrogen-bond donors (Lipinski definition) is 1. The summed E-state index contributed by atoms with van der Waals surface area (Å²) in [6.07, 6.45) is 6.63. The summed E-state index contributed by atoms with van der Waals surface area (Å²) in [7, 11) is 3.63. The lowest BCUT2D eigenvalue weighted by molar-refractivity contribution is -0.116. The number of rotatable bonds is 7. The van der Waals surface area contributed by atoms with Gasteiger partial charge in [0.05, 0.1) is 17.9 Å². The largest absolute Gasteiger partial charge is 0.351 e. The highest BCUT2D eigenvalue weighted by Crippen LogP contribution is 2.28. The fraction of sp³-hybridized carbons (Fsp3) is 0.182. The van der Waals surface area contributed by atoms with E-state index in [-0.39, 0.29) is 18.5 Å². The van der Waals surface area contributed by atoms with Crippen molar-refractivity contribution in [2.24, 2.45) is 0 Å². The van der Waals surface area contributed by atoms with Gasteiger partial charge in [-0.25, -0.2) is 9.07 Å². The molecule has 5 nitrogen and oxygen atoms in total. The number of carbonyl (C=O) groups excluding carboxylic acids is 1. The fourth-order valence-electron chi connectivity index (χ4n) is 2.94. The number of nitrogens with one attached hydrogen (secondary N) is 1. The maximum Gasteiger partial charge on any atom is 0.244 e. The third-order valence-corrected chi connectivity index (χ3v) is 4.81. The zero-order valence-corrected chi connectivity index (χ0v) is 17.0. The second kappa shape index (κ2) is 9.49. The van der Waals surface area contributed by atoms with Gasteiger partial charge in [-0.1, -0.05) is 35.9 Å². The Balaban J connectivity index is 1.63. The van der Waals surface area contributed by atoms with E-state index >= 15 is 0 Å². The molecule has 7 heteroatoms. The highest BCUT2D eigenvalue weighted by atomic mass is 35.5. The first-order valence-corrected chi connectivity index (χ1v) is 9.50. The van der Waals surface area contributed by atoms with Crippen molar-refractivity contribution in [1.82, 2.24) is 20.0 Å². The van der Waals surface area contributed by atoms with Crippen LogP contribution in [0, 0.1) is 5.82 Å². The number of amides is 1. The molecule has 1 amide bonds. The monoisotopic (exact) mass is 412 g/mol. The van der Waals surface area contributed by atoms with Gasteiger partial charge < -0.3 is 10.2 Å². The van der Waals surface area contributed by atoms with Gasteiger partial charge in [0.2, 0.25) is 5.91 Å². The third-order valence-electron chi connectivity index (χ3n) is 4.48. The lowest BCUT2D eigenvalue weighted by atomic mass is 10.0. The summed E-state index contributed by atoms with van der Waals surface area (Å²) in [6.45, 7) is 0.222. The second-order valence-electron chi connectivity index (χ2n) is 6.75. The molecule has 0 saturated heterocycles. The number of carbonyl (C=O) groups is 1. The van der Waals surface area contributed by atoms with E-state index in [0.717, 1.165) is 11.3 Å². The van der Waals surface area contributed by atoms with Crippen molar-refractivity contribution in [1.29, 1.82) is 0 Å². The molecule has 1 N–H and O–H groups in total. The van der Waals surface area contributed by atoms with E-state index in [1.54, 1.807) is 29.1 Å².